The van der Waals surface area contributed by atoms with E-state index in [1.807, 2.05) is 24.3 Å². The van der Waals surface area contributed by atoms with Crippen LogP contribution in [0.3, 0.4) is 0 Å². The van der Waals surface area contributed by atoms with E-state index in [0.717, 1.165) is 36.6 Å². The zero-order valence-corrected chi connectivity index (χ0v) is 16.1. The van der Waals surface area contributed by atoms with Gasteiger partial charge in [0.1, 0.15) is 0 Å². The predicted molar refractivity (Wildman–Crippen MR) is 106 cm³/mol. The fourth-order valence-electron chi connectivity index (χ4n) is 2.87. The lowest BCUT2D eigenvalue weighted by Gasteiger charge is -2.11. The summed E-state index contributed by atoms with van der Waals surface area (Å²) in [5.41, 5.74) is 1.30. The third-order valence-corrected chi connectivity index (χ3v) is 4.39. The molecular weight excluding hydrogens is 326 g/mol. The number of fused-ring (bicyclic) bond motifs is 1. The van der Waals surface area contributed by atoms with Crippen molar-refractivity contribution in [3.8, 4) is 5.88 Å². The Hall–Kier alpha value is -2.10. The van der Waals surface area contributed by atoms with Crippen LogP contribution in [0.4, 0.5) is 0 Å². The first-order valence-corrected chi connectivity index (χ1v) is 9.96. The number of carbonyl (C=O) groups is 1. The van der Waals surface area contributed by atoms with Crippen molar-refractivity contribution in [3.05, 3.63) is 35.9 Å². The third-order valence-electron chi connectivity index (χ3n) is 4.39. The summed E-state index contributed by atoms with van der Waals surface area (Å²) in [6.45, 7) is 5.43. The summed E-state index contributed by atoms with van der Waals surface area (Å²) in [6, 6.07) is 9.35. The van der Waals surface area contributed by atoms with Gasteiger partial charge in [0.05, 0.1) is 24.3 Å². The Labute approximate surface area is 156 Å². The molecule has 1 aromatic heterocycles. The van der Waals surface area contributed by atoms with Gasteiger partial charge in [0.2, 0.25) is 5.88 Å². The summed E-state index contributed by atoms with van der Waals surface area (Å²) in [4.78, 5) is 17.1. The fourth-order valence-corrected chi connectivity index (χ4v) is 2.87. The van der Waals surface area contributed by atoms with Crippen molar-refractivity contribution in [2.45, 2.75) is 65.2 Å². The number of esters is 1. The zero-order chi connectivity index (χ0) is 18.6. The summed E-state index contributed by atoms with van der Waals surface area (Å²) in [6.07, 6.45) is 8.90. The van der Waals surface area contributed by atoms with E-state index in [9.17, 15) is 4.79 Å². The first kappa shape index (κ1) is 20.2. The molecule has 0 radical (unpaired) electrons. The van der Waals surface area contributed by atoms with E-state index < -0.39 is 0 Å². The number of pyridine rings is 1. The Morgan fingerprint density at radius 1 is 0.923 bits per heavy atom. The summed E-state index contributed by atoms with van der Waals surface area (Å²) in [5.74, 6) is 0.203. The van der Waals surface area contributed by atoms with Gasteiger partial charge in [-0.1, -0.05) is 70.6 Å². The molecule has 0 aliphatic heterocycles. The molecule has 0 spiro atoms. The van der Waals surface area contributed by atoms with Crippen LogP contribution in [0.1, 0.15) is 75.6 Å². The lowest BCUT2D eigenvalue weighted by Crippen LogP contribution is -2.09. The maximum atomic E-state index is 12.6. The van der Waals surface area contributed by atoms with Gasteiger partial charge in [-0.25, -0.2) is 9.78 Å². The molecule has 4 heteroatoms. The van der Waals surface area contributed by atoms with Gasteiger partial charge in [0, 0.05) is 11.5 Å². The molecule has 0 N–H and O–H groups in total. The Balaban J connectivity index is 2.04. The number of aromatic nitrogens is 1. The van der Waals surface area contributed by atoms with E-state index >= 15 is 0 Å². The normalized spacial score (nSPS) is 10.8. The molecule has 4 nitrogen and oxygen atoms in total. The first-order chi connectivity index (χ1) is 12.8. The quantitative estimate of drug-likeness (QED) is 0.349. The van der Waals surface area contributed by atoms with E-state index in [2.05, 4.69) is 18.8 Å². The van der Waals surface area contributed by atoms with Crippen LogP contribution in [0.25, 0.3) is 10.9 Å². The smallest absolute Gasteiger partial charge is 0.339 e. The maximum absolute atomic E-state index is 12.6. The Bertz CT molecular complexity index is 684. The van der Waals surface area contributed by atoms with Gasteiger partial charge in [-0.05, 0) is 18.9 Å². The lowest BCUT2D eigenvalue weighted by atomic mass is 10.1. The van der Waals surface area contributed by atoms with Crippen molar-refractivity contribution in [3.63, 3.8) is 0 Å². The Kier molecular flexibility index (Phi) is 8.94. The predicted octanol–water partition coefficient (Wildman–Crippen LogP) is 5.93. The number of hydrogen-bond donors (Lipinski definition) is 0. The third kappa shape index (κ3) is 6.32. The molecule has 0 aliphatic carbocycles. The minimum atomic E-state index is -0.295. The number of hydrogen-bond acceptors (Lipinski definition) is 4. The van der Waals surface area contributed by atoms with Gasteiger partial charge in [0.25, 0.3) is 0 Å². The SMILES string of the molecule is CCCCCCOC(=O)c1cc(OCCCCCC)nc2ccccc12. The second-order valence-corrected chi connectivity index (χ2v) is 6.63. The molecule has 0 atom stereocenters. The monoisotopic (exact) mass is 357 g/mol. The largest absolute Gasteiger partial charge is 0.478 e. The van der Waals surface area contributed by atoms with E-state index in [1.54, 1.807) is 6.07 Å². The van der Waals surface area contributed by atoms with Crippen LogP contribution < -0.4 is 4.74 Å². The zero-order valence-electron chi connectivity index (χ0n) is 16.1. The van der Waals surface area contributed by atoms with E-state index in [-0.39, 0.29) is 5.97 Å². The highest BCUT2D eigenvalue weighted by Gasteiger charge is 2.15. The number of para-hydroxylation sites is 1. The molecule has 0 saturated heterocycles. The van der Waals surface area contributed by atoms with Gasteiger partial charge in [-0.3, -0.25) is 0 Å². The molecule has 1 heterocycles. The van der Waals surface area contributed by atoms with E-state index in [4.69, 9.17) is 9.47 Å². The molecule has 2 aromatic rings. The van der Waals surface area contributed by atoms with Crippen LogP contribution in [-0.2, 0) is 4.74 Å². The van der Waals surface area contributed by atoms with Crippen molar-refractivity contribution in [2.75, 3.05) is 13.2 Å². The molecule has 2 rings (SSSR count). The molecule has 0 fully saturated rings. The molecule has 0 bridgehead atoms. The van der Waals surface area contributed by atoms with Crippen LogP contribution in [0.15, 0.2) is 30.3 Å². The standard InChI is InChI=1S/C22H31NO3/c1-3-5-7-11-15-25-21-17-19(18-13-9-10-14-20(18)23-21)22(24)26-16-12-8-6-4-2/h9-10,13-14,17H,3-8,11-12,15-16H2,1-2H3. The first-order valence-electron chi connectivity index (χ1n) is 9.96. The van der Waals surface area contributed by atoms with Crippen molar-refractivity contribution >= 4 is 16.9 Å². The molecule has 142 valence electrons. The van der Waals surface area contributed by atoms with Crippen molar-refractivity contribution in [2.24, 2.45) is 0 Å². The van der Waals surface area contributed by atoms with Crippen molar-refractivity contribution in [1.29, 1.82) is 0 Å². The van der Waals surface area contributed by atoms with E-state index in [0.29, 0.717) is 24.7 Å². The molecule has 0 saturated carbocycles. The maximum Gasteiger partial charge on any atom is 0.339 e. The number of nitrogens with zero attached hydrogens (tertiary/aromatic N) is 1. The Morgan fingerprint density at radius 3 is 2.35 bits per heavy atom. The lowest BCUT2D eigenvalue weighted by molar-refractivity contribution is 0.0499. The highest BCUT2D eigenvalue weighted by atomic mass is 16.5. The molecule has 0 amide bonds. The van der Waals surface area contributed by atoms with Crippen molar-refractivity contribution in [1.82, 2.24) is 4.98 Å². The van der Waals surface area contributed by atoms with Crippen LogP contribution in [0.2, 0.25) is 0 Å². The number of carbonyl (C=O) groups excluding carboxylic acids is 1. The summed E-state index contributed by atoms with van der Waals surface area (Å²) >= 11 is 0. The van der Waals surface area contributed by atoms with Crippen LogP contribution in [-0.4, -0.2) is 24.2 Å². The molecule has 26 heavy (non-hydrogen) atoms. The van der Waals surface area contributed by atoms with Crippen molar-refractivity contribution < 1.29 is 14.3 Å². The van der Waals surface area contributed by atoms with E-state index in [1.165, 1.54) is 25.7 Å². The average molecular weight is 357 g/mol. The highest BCUT2D eigenvalue weighted by molar-refractivity contribution is 6.03. The molecule has 0 aliphatic rings. The Morgan fingerprint density at radius 2 is 1.62 bits per heavy atom. The number of unbranched alkanes of at least 4 members (excludes halogenated alkanes) is 6. The van der Waals surface area contributed by atoms with Gasteiger partial charge in [-0.15, -0.1) is 0 Å². The summed E-state index contributed by atoms with van der Waals surface area (Å²) < 4.78 is 11.3. The van der Waals surface area contributed by atoms with Gasteiger partial charge in [0.15, 0.2) is 0 Å². The van der Waals surface area contributed by atoms with Gasteiger partial charge in [-0.2, -0.15) is 0 Å². The summed E-state index contributed by atoms with van der Waals surface area (Å²) in [7, 11) is 0. The second kappa shape index (κ2) is 11.5. The highest BCUT2D eigenvalue weighted by Crippen LogP contribution is 2.23. The number of ether oxygens (including phenoxy) is 2. The minimum absolute atomic E-state index is 0.295. The molecular formula is C22H31NO3. The van der Waals surface area contributed by atoms with Crippen LogP contribution >= 0.6 is 0 Å². The topological polar surface area (TPSA) is 48.4 Å². The van der Waals surface area contributed by atoms with Crippen LogP contribution in [0.5, 0.6) is 5.88 Å². The number of benzene rings is 1. The average Bonchev–Trinajstić information content (AvgIpc) is 2.67. The molecule has 0 unspecified atom stereocenters. The molecule has 1 aromatic carbocycles. The fraction of sp³-hybridized carbons (Fsp3) is 0.545. The number of rotatable bonds is 12. The minimum Gasteiger partial charge on any atom is -0.478 e. The van der Waals surface area contributed by atoms with Gasteiger partial charge >= 0.3 is 5.97 Å². The second-order valence-electron chi connectivity index (χ2n) is 6.63. The van der Waals surface area contributed by atoms with Crippen LogP contribution in [0, 0.1) is 0 Å². The summed E-state index contributed by atoms with van der Waals surface area (Å²) in [5, 5.41) is 0.810. The van der Waals surface area contributed by atoms with Gasteiger partial charge < -0.3 is 9.47 Å².